The lowest BCUT2D eigenvalue weighted by molar-refractivity contribution is 0.103. The van der Waals surface area contributed by atoms with Crippen LogP contribution in [0.2, 0.25) is 5.02 Å². The Morgan fingerprint density at radius 1 is 1.24 bits per heavy atom. The number of nitrogens with one attached hydrogen (secondary N) is 1. The Morgan fingerprint density at radius 3 is 2.84 bits per heavy atom. The number of nitrogens with zero attached hydrogens (tertiary/aromatic N) is 4. The van der Waals surface area contributed by atoms with E-state index in [1.54, 1.807) is 12.1 Å². The van der Waals surface area contributed by atoms with Gasteiger partial charge >= 0.3 is 0 Å². The van der Waals surface area contributed by atoms with Crippen LogP contribution in [0.5, 0.6) is 0 Å². The molecular weight excluding hydrogens is 358 g/mol. The minimum absolute atomic E-state index is 0.237. The second kappa shape index (κ2) is 6.27. The van der Waals surface area contributed by atoms with E-state index in [4.69, 9.17) is 11.6 Å². The van der Waals surface area contributed by atoms with Crippen LogP contribution >= 0.6 is 22.9 Å². The molecule has 0 unspecified atom stereocenters. The number of carbonyl (C=O) groups excluding carboxylic acids is 1. The predicted octanol–water partition coefficient (Wildman–Crippen LogP) is 4.09. The topological polar surface area (TPSA) is 72.7 Å². The first-order valence-electron chi connectivity index (χ1n) is 7.46. The Balaban J connectivity index is 1.66. The number of fused-ring (bicyclic) bond motifs is 1. The number of benzene rings is 2. The standard InChI is InChI=1S/C17H12ClN5OS/c1-10-4-2-7-13-14(10)15(18)16(25-13)17(24)20-11-5-3-6-12(8-11)23-9-19-21-22-23/h2-9H,1H3,(H,20,24). The molecule has 2 heterocycles. The van der Waals surface area contributed by atoms with Gasteiger partial charge in [0.25, 0.3) is 5.91 Å². The average Bonchev–Trinajstić information content (AvgIpc) is 3.24. The number of thiophene rings is 1. The predicted molar refractivity (Wildman–Crippen MR) is 98.7 cm³/mol. The quantitative estimate of drug-likeness (QED) is 0.590. The second-order valence-electron chi connectivity index (χ2n) is 5.45. The number of carbonyl (C=O) groups is 1. The summed E-state index contributed by atoms with van der Waals surface area (Å²) in [5.41, 5.74) is 2.45. The minimum atomic E-state index is -0.237. The molecule has 0 saturated heterocycles. The minimum Gasteiger partial charge on any atom is -0.321 e. The Kier molecular flexibility index (Phi) is 3.95. The highest BCUT2D eigenvalue weighted by molar-refractivity contribution is 7.21. The van der Waals surface area contributed by atoms with Gasteiger partial charge in [0.05, 0.1) is 10.7 Å². The second-order valence-corrected chi connectivity index (χ2v) is 6.88. The molecule has 1 amide bonds. The van der Waals surface area contributed by atoms with Crippen molar-refractivity contribution in [3.63, 3.8) is 0 Å². The molecular formula is C17H12ClN5OS. The van der Waals surface area contributed by atoms with Gasteiger partial charge < -0.3 is 5.32 Å². The van der Waals surface area contributed by atoms with Gasteiger partial charge in [0.1, 0.15) is 11.2 Å². The molecule has 0 radical (unpaired) electrons. The molecule has 4 rings (SSSR count). The maximum absolute atomic E-state index is 12.7. The Hall–Kier alpha value is -2.77. The van der Waals surface area contributed by atoms with E-state index in [0.717, 1.165) is 21.3 Å². The monoisotopic (exact) mass is 369 g/mol. The van der Waals surface area contributed by atoms with E-state index in [-0.39, 0.29) is 5.91 Å². The Bertz CT molecular complexity index is 1070. The van der Waals surface area contributed by atoms with E-state index >= 15 is 0 Å². The molecule has 25 heavy (non-hydrogen) atoms. The average molecular weight is 370 g/mol. The Labute approximate surface area is 152 Å². The lowest BCUT2D eigenvalue weighted by Gasteiger charge is -2.06. The molecule has 0 saturated carbocycles. The summed E-state index contributed by atoms with van der Waals surface area (Å²) < 4.78 is 2.52. The first-order valence-corrected chi connectivity index (χ1v) is 8.65. The molecule has 2 aromatic carbocycles. The zero-order chi connectivity index (χ0) is 17.4. The van der Waals surface area contributed by atoms with Gasteiger partial charge in [-0.3, -0.25) is 4.79 Å². The highest BCUT2D eigenvalue weighted by atomic mass is 35.5. The van der Waals surface area contributed by atoms with Gasteiger partial charge in [-0.2, -0.15) is 0 Å². The van der Waals surface area contributed by atoms with Crippen LogP contribution in [-0.4, -0.2) is 26.1 Å². The number of amides is 1. The maximum Gasteiger partial charge on any atom is 0.267 e. The lowest BCUT2D eigenvalue weighted by Crippen LogP contribution is -2.11. The van der Waals surface area contributed by atoms with Crippen LogP contribution < -0.4 is 5.32 Å². The van der Waals surface area contributed by atoms with E-state index in [1.807, 2.05) is 37.3 Å². The van der Waals surface area contributed by atoms with Crippen LogP contribution in [0.3, 0.4) is 0 Å². The van der Waals surface area contributed by atoms with Crippen molar-refractivity contribution in [1.29, 1.82) is 0 Å². The zero-order valence-corrected chi connectivity index (χ0v) is 14.7. The summed E-state index contributed by atoms with van der Waals surface area (Å²) in [6.07, 6.45) is 1.49. The first-order chi connectivity index (χ1) is 12.1. The van der Waals surface area contributed by atoms with Gasteiger partial charge in [0.2, 0.25) is 0 Å². The molecule has 124 valence electrons. The summed E-state index contributed by atoms with van der Waals surface area (Å²) in [6.45, 7) is 1.98. The van der Waals surface area contributed by atoms with Crippen molar-refractivity contribution in [3.8, 4) is 5.69 Å². The van der Waals surface area contributed by atoms with Crippen molar-refractivity contribution >= 4 is 44.6 Å². The van der Waals surface area contributed by atoms with Crippen molar-refractivity contribution in [3.05, 3.63) is 64.3 Å². The van der Waals surface area contributed by atoms with E-state index in [9.17, 15) is 4.79 Å². The summed E-state index contributed by atoms with van der Waals surface area (Å²) in [4.78, 5) is 13.2. The van der Waals surface area contributed by atoms with Crippen LogP contribution in [-0.2, 0) is 0 Å². The van der Waals surface area contributed by atoms with Crippen molar-refractivity contribution in [2.24, 2.45) is 0 Å². The van der Waals surface area contributed by atoms with Crippen LogP contribution in [0.4, 0.5) is 5.69 Å². The highest BCUT2D eigenvalue weighted by Crippen LogP contribution is 2.37. The molecule has 6 nitrogen and oxygen atoms in total. The van der Waals surface area contributed by atoms with Gasteiger partial charge in [0.15, 0.2) is 0 Å². The summed E-state index contributed by atoms with van der Waals surface area (Å²) in [5.74, 6) is -0.237. The molecule has 4 aromatic rings. The van der Waals surface area contributed by atoms with Gasteiger partial charge in [-0.25, -0.2) is 4.68 Å². The third-order valence-corrected chi connectivity index (χ3v) is 5.43. The Morgan fingerprint density at radius 2 is 2.08 bits per heavy atom. The van der Waals surface area contributed by atoms with Crippen LogP contribution in [0.15, 0.2) is 48.8 Å². The molecule has 8 heteroatoms. The summed E-state index contributed by atoms with van der Waals surface area (Å²) in [5, 5.41) is 15.4. The van der Waals surface area contributed by atoms with E-state index < -0.39 is 0 Å². The number of hydrogen-bond donors (Lipinski definition) is 1. The third kappa shape index (κ3) is 2.88. The van der Waals surface area contributed by atoms with Crippen molar-refractivity contribution < 1.29 is 4.79 Å². The number of aromatic nitrogens is 4. The molecule has 0 aliphatic heterocycles. The largest absolute Gasteiger partial charge is 0.321 e. The number of aryl methyl sites for hydroxylation is 1. The van der Waals surface area contributed by atoms with Gasteiger partial charge in [0, 0.05) is 15.8 Å². The molecule has 0 bridgehead atoms. The molecule has 1 N–H and O–H groups in total. The van der Waals surface area contributed by atoms with Gasteiger partial charge in [-0.1, -0.05) is 29.8 Å². The number of tetrazole rings is 1. The summed E-state index contributed by atoms with van der Waals surface area (Å²) in [7, 11) is 0. The number of anilines is 1. The zero-order valence-electron chi connectivity index (χ0n) is 13.1. The summed E-state index contributed by atoms with van der Waals surface area (Å²) >= 11 is 7.84. The highest BCUT2D eigenvalue weighted by Gasteiger charge is 2.18. The molecule has 0 aliphatic carbocycles. The molecule has 0 aliphatic rings. The SMILES string of the molecule is Cc1cccc2sc(C(=O)Nc3cccc(-n4cnnn4)c3)c(Cl)c12. The fraction of sp³-hybridized carbons (Fsp3) is 0.0588. The number of hydrogen-bond acceptors (Lipinski definition) is 5. The van der Waals surface area contributed by atoms with Crippen LogP contribution in [0.1, 0.15) is 15.2 Å². The van der Waals surface area contributed by atoms with Crippen molar-refractivity contribution in [2.45, 2.75) is 6.92 Å². The van der Waals surface area contributed by atoms with E-state index in [1.165, 1.54) is 22.3 Å². The fourth-order valence-electron chi connectivity index (χ4n) is 2.62. The van der Waals surface area contributed by atoms with Crippen molar-refractivity contribution in [1.82, 2.24) is 20.2 Å². The fourth-order valence-corrected chi connectivity index (χ4v) is 4.19. The molecule has 2 aromatic heterocycles. The van der Waals surface area contributed by atoms with Crippen molar-refractivity contribution in [2.75, 3.05) is 5.32 Å². The van der Waals surface area contributed by atoms with Crippen LogP contribution in [0.25, 0.3) is 15.8 Å². The van der Waals surface area contributed by atoms with E-state index in [2.05, 4.69) is 20.8 Å². The first kappa shape index (κ1) is 15.7. The number of rotatable bonds is 3. The number of halogens is 1. The van der Waals surface area contributed by atoms with Gasteiger partial charge in [-0.05, 0) is 47.2 Å². The summed E-state index contributed by atoms with van der Waals surface area (Å²) in [6, 6.07) is 13.2. The van der Waals surface area contributed by atoms with E-state index in [0.29, 0.717) is 15.6 Å². The lowest BCUT2D eigenvalue weighted by atomic mass is 10.1. The smallest absolute Gasteiger partial charge is 0.267 e. The molecule has 0 spiro atoms. The molecule has 0 atom stereocenters. The van der Waals surface area contributed by atoms with Crippen LogP contribution in [0, 0.1) is 6.92 Å². The normalized spacial score (nSPS) is 11.0. The maximum atomic E-state index is 12.7. The van der Waals surface area contributed by atoms with Gasteiger partial charge in [-0.15, -0.1) is 16.4 Å². The molecule has 0 fully saturated rings. The third-order valence-electron chi connectivity index (χ3n) is 3.79.